The van der Waals surface area contributed by atoms with E-state index in [4.69, 9.17) is 4.74 Å². The van der Waals surface area contributed by atoms with Crippen LogP contribution in [0.1, 0.15) is 71.8 Å². The summed E-state index contributed by atoms with van der Waals surface area (Å²) in [6, 6.07) is 8.35. The monoisotopic (exact) mass is 341 g/mol. The summed E-state index contributed by atoms with van der Waals surface area (Å²) >= 11 is 0. The van der Waals surface area contributed by atoms with Gasteiger partial charge in [0.2, 0.25) is 0 Å². The normalized spacial score (nSPS) is 41.6. The lowest BCUT2D eigenvalue weighted by Gasteiger charge is -2.69. The van der Waals surface area contributed by atoms with Gasteiger partial charge in [0, 0.05) is 6.54 Å². The summed E-state index contributed by atoms with van der Waals surface area (Å²) in [5, 5.41) is 2.67. The number of rotatable bonds is 3. The van der Waals surface area contributed by atoms with E-state index in [0.717, 1.165) is 0 Å². The van der Waals surface area contributed by atoms with Crippen molar-refractivity contribution in [1.82, 2.24) is 5.32 Å². The number of carbonyl (C=O) groups excluding carboxylic acids is 1. The molecule has 0 unspecified atom stereocenters. The highest BCUT2D eigenvalue weighted by molar-refractivity contribution is 5.70. The summed E-state index contributed by atoms with van der Waals surface area (Å²) in [7, 11) is 0. The zero-order chi connectivity index (χ0) is 17.9. The van der Waals surface area contributed by atoms with Gasteiger partial charge in [0.05, 0.1) is 0 Å². The smallest absolute Gasteiger partial charge is 0.410 e. The van der Waals surface area contributed by atoms with Gasteiger partial charge in [0.1, 0.15) is 5.75 Å². The Morgan fingerprint density at radius 2 is 1.40 bits per heavy atom. The Balaban J connectivity index is 1.62. The lowest BCUT2D eigenvalue weighted by atomic mass is 9.35. The zero-order valence-corrected chi connectivity index (χ0v) is 16.1. The Morgan fingerprint density at radius 3 is 1.84 bits per heavy atom. The van der Waals surface area contributed by atoms with E-state index < -0.39 is 0 Å². The van der Waals surface area contributed by atoms with E-state index >= 15 is 0 Å². The highest BCUT2D eigenvalue weighted by Crippen LogP contribution is 2.73. The van der Waals surface area contributed by atoms with E-state index in [1.807, 2.05) is 19.1 Å². The molecule has 5 rings (SSSR count). The Hall–Kier alpha value is -1.51. The first kappa shape index (κ1) is 16.9. The van der Waals surface area contributed by atoms with Gasteiger partial charge in [-0.05, 0) is 84.8 Å². The Kier molecular flexibility index (Phi) is 3.55. The van der Waals surface area contributed by atoms with Gasteiger partial charge in [-0.25, -0.2) is 4.79 Å². The molecule has 0 aliphatic heterocycles. The zero-order valence-electron chi connectivity index (χ0n) is 16.1. The Morgan fingerprint density at radius 1 is 0.920 bits per heavy atom. The highest BCUT2D eigenvalue weighted by Gasteiger charge is 2.64. The Bertz CT molecular complexity index is 639. The van der Waals surface area contributed by atoms with Crippen molar-refractivity contribution in [3.63, 3.8) is 0 Å². The van der Waals surface area contributed by atoms with Gasteiger partial charge in [-0.1, -0.05) is 32.9 Å². The van der Waals surface area contributed by atoms with Gasteiger partial charge in [-0.2, -0.15) is 0 Å². The van der Waals surface area contributed by atoms with Gasteiger partial charge >= 0.3 is 6.09 Å². The third kappa shape index (κ3) is 2.86. The summed E-state index contributed by atoms with van der Waals surface area (Å²) in [5.74, 6) is 0.628. The molecule has 0 saturated heterocycles. The maximum absolute atomic E-state index is 11.6. The largest absolute Gasteiger partial charge is 0.412 e. The molecule has 136 valence electrons. The fraction of sp³-hybridized carbons (Fsp3) is 0.682. The second-order valence-corrected chi connectivity index (χ2v) is 10.2. The third-order valence-electron chi connectivity index (χ3n) is 6.85. The molecule has 4 saturated carbocycles. The van der Waals surface area contributed by atoms with Crippen LogP contribution in [0, 0.1) is 16.2 Å². The molecule has 25 heavy (non-hydrogen) atoms. The molecular weight excluding hydrogens is 310 g/mol. The second-order valence-electron chi connectivity index (χ2n) is 10.2. The molecule has 1 aromatic carbocycles. The predicted molar refractivity (Wildman–Crippen MR) is 99.8 cm³/mol. The molecular formula is C22H31NO2. The molecule has 0 atom stereocenters. The molecule has 0 spiro atoms. The number of benzene rings is 1. The predicted octanol–water partition coefficient (Wildman–Crippen LogP) is 5.43. The van der Waals surface area contributed by atoms with Crippen LogP contribution < -0.4 is 10.1 Å². The van der Waals surface area contributed by atoms with Crippen molar-refractivity contribution in [3.8, 4) is 5.75 Å². The summed E-state index contributed by atoms with van der Waals surface area (Å²) in [4.78, 5) is 11.6. The second kappa shape index (κ2) is 5.25. The van der Waals surface area contributed by atoms with Crippen molar-refractivity contribution in [2.45, 2.75) is 71.6 Å². The molecule has 4 fully saturated rings. The van der Waals surface area contributed by atoms with Crippen molar-refractivity contribution in [2.75, 3.05) is 6.54 Å². The van der Waals surface area contributed by atoms with Crippen LogP contribution >= 0.6 is 0 Å². The van der Waals surface area contributed by atoms with Crippen LogP contribution in [0.2, 0.25) is 0 Å². The molecule has 1 N–H and O–H groups in total. The van der Waals surface area contributed by atoms with Crippen LogP contribution in [0.5, 0.6) is 5.75 Å². The minimum atomic E-state index is -0.377. The maximum Gasteiger partial charge on any atom is 0.412 e. The lowest BCUT2D eigenvalue weighted by Crippen LogP contribution is -2.60. The molecule has 0 heterocycles. The van der Waals surface area contributed by atoms with Crippen LogP contribution in [0.4, 0.5) is 4.79 Å². The van der Waals surface area contributed by atoms with Gasteiger partial charge in [-0.15, -0.1) is 0 Å². The van der Waals surface area contributed by atoms with Crippen molar-refractivity contribution in [2.24, 2.45) is 16.2 Å². The quantitative estimate of drug-likeness (QED) is 0.796. The molecule has 0 aromatic heterocycles. The molecule has 3 nitrogen and oxygen atoms in total. The SMILES string of the molecule is CCNC(=O)Oc1ccc(C23CC4(C)CC(C)(CC(C)(C4)C2)C3)cc1. The van der Waals surface area contributed by atoms with Crippen LogP contribution in [-0.2, 0) is 5.41 Å². The average molecular weight is 341 g/mol. The standard InChI is InChI=1S/C22H31NO2/c1-5-23-18(24)25-17-8-6-16(7-9-17)22-13-19(2)10-20(3,14-22)12-21(4,11-19)15-22/h6-9H,5,10-15H2,1-4H3,(H,23,24). The fourth-order valence-corrected chi connectivity index (χ4v) is 7.76. The fourth-order valence-electron chi connectivity index (χ4n) is 7.76. The Labute approximate surface area is 151 Å². The molecule has 1 aromatic rings. The van der Waals surface area contributed by atoms with Crippen molar-refractivity contribution < 1.29 is 9.53 Å². The van der Waals surface area contributed by atoms with Crippen LogP contribution in [0.3, 0.4) is 0 Å². The number of ether oxygens (including phenoxy) is 1. The van der Waals surface area contributed by atoms with E-state index in [1.54, 1.807) is 0 Å². The van der Waals surface area contributed by atoms with Crippen LogP contribution in [0.25, 0.3) is 0 Å². The lowest BCUT2D eigenvalue weighted by molar-refractivity contribution is -0.152. The van der Waals surface area contributed by atoms with Gasteiger partial charge < -0.3 is 10.1 Å². The van der Waals surface area contributed by atoms with Gasteiger partial charge in [0.15, 0.2) is 0 Å². The first-order chi connectivity index (χ1) is 11.7. The first-order valence-electron chi connectivity index (χ1n) is 9.74. The first-order valence-corrected chi connectivity index (χ1v) is 9.74. The minimum Gasteiger partial charge on any atom is -0.410 e. The van der Waals surface area contributed by atoms with Crippen molar-refractivity contribution >= 4 is 6.09 Å². The molecule has 4 aliphatic carbocycles. The molecule has 1 amide bonds. The number of carbonyl (C=O) groups is 1. The molecule has 4 aliphatic rings. The van der Waals surface area contributed by atoms with Crippen LogP contribution in [-0.4, -0.2) is 12.6 Å². The van der Waals surface area contributed by atoms with E-state index in [0.29, 0.717) is 34.0 Å². The summed E-state index contributed by atoms with van der Waals surface area (Å²) < 4.78 is 5.34. The van der Waals surface area contributed by atoms with Crippen molar-refractivity contribution in [3.05, 3.63) is 29.8 Å². The topological polar surface area (TPSA) is 38.3 Å². The van der Waals surface area contributed by atoms with Gasteiger partial charge in [0.25, 0.3) is 0 Å². The third-order valence-corrected chi connectivity index (χ3v) is 6.85. The number of hydrogen-bond acceptors (Lipinski definition) is 2. The summed E-state index contributed by atoms with van der Waals surface area (Å²) in [5.41, 5.74) is 3.19. The highest BCUT2D eigenvalue weighted by atomic mass is 16.5. The van der Waals surface area contributed by atoms with Gasteiger partial charge in [-0.3, -0.25) is 0 Å². The molecule has 0 radical (unpaired) electrons. The maximum atomic E-state index is 11.6. The van der Waals surface area contributed by atoms with E-state index in [-0.39, 0.29) is 6.09 Å². The number of hydrogen-bond donors (Lipinski definition) is 1. The number of nitrogens with one attached hydrogen (secondary N) is 1. The van der Waals surface area contributed by atoms with E-state index in [9.17, 15) is 4.79 Å². The number of amides is 1. The minimum absolute atomic E-state index is 0.303. The molecule has 3 heteroatoms. The summed E-state index contributed by atoms with van der Waals surface area (Å²) in [6.45, 7) is 10.0. The van der Waals surface area contributed by atoms with E-state index in [2.05, 4.69) is 38.2 Å². The van der Waals surface area contributed by atoms with Crippen LogP contribution in [0.15, 0.2) is 24.3 Å². The average Bonchev–Trinajstić information content (AvgIpc) is 2.43. The summed E-state index contributed by atoms with van der Waals surface area (Å²) in [6.07, 6.45) is 7.70. The van der Waals surface area contributed by atoms with Crippen molar-refractivity contribution in [1.29, 1.82) is 0 Å². The molecule has 4 bridgehead atoms. The van der Waals surface area contributed by atoms with E-state index in [1.165, 1.54) is 44.1 Å².